The average molecular weight is 381 g/mol. The van der Waals surface area contributed by atoms with Crippen molar-refractivity contribution in [3.63, 3.8) is 0 Å². The number of rotatable bonds is 6. The summed E-state index contributed by atoms with van der Waals surface area (Å²) in [5.41, 5.74) is 3.31. The van der Waals surface area contributed by atoms with E-state index in [-0.39, 0.29) is 11.9 Å². The summed E-state index contributed by atoms with van der Waals surface area (Å²) in [5.74, 6) is 1.19. The maximum atomic E-state index is 12.7. The van der Waals surface area contributed by atoms with Gasteiger partial charge in [-0.25, -0.2) is 0 Å². The third-order valence-electron chi connectivity index (χ3n) is 4.64. The van der Waals surface area contributed by atoms with Crippen molar-refractivity contribution in [3.8, 4) is 5.69 Å². The summed E-state index contributed by atoms with van der Waals surface area (Å²) in [7, 11) is 1.84. The van der Waals surface area contributed by atoms with Crippen molar-refractivity contribution < 1.29 is 4.79 Å². The maximum absolute atomic E-state index is 12.7. The van der Waals surface area contributed by atoms with Gasteiger partial charge in [-0.1, -0.05) is 54.2 Å². The van der Waals surface area contributed by atoms with Crippen molar-refractivity contribution in [1.29, 1.82) is 0 Å². The lowest BCUT2D eigenvalue weighted by molar-refractivity contribution is -0.128. The second-order valence-electron chi connectivity index (χ2n) is 6.58. The molecule has 6 heteroatoms. The molecule has 0 bridgehead atoms. The lowest BCUT2D eigenvalue weighted by Gasteiger charge is -2.25. The van der Waals surface area contributed by atoms with Gasteiger partial charge in [0.25, 0.3) is 0 Å². The highest BCUT2D eigenvalue weighted by atomic mass is 32.2. The summed E-state index contributed by atoms with van der Waals surface area (Å²) in [6.07, 6.45) is 0. The highest BCUT2D eigenvalue weighted by Crippen LogP contribution is 2.24. The Kier molecular flexibility index (Phi) is 5.96. The first kappa shape index (κ1) is 19.2. The molecule has 0 saturated carbocycles. The zero-order chi connectivity index (χ0) is 19.4. The molecule has 0 saturated heterocycles. The minimum absolute atomic E-state index is 0.0238. The molecule has 0 aliphatic heterocycles. The highest BCUT2D eigenvalue weighted by molar-refractivity contribution is 7.99. The fourth-order valence-electron chi connectivity index (χ4n) is 2.90. The lowest BCUT2D eigenvalue weighted by atomic mass is 10.1. The lowest BCUT2D eigenvalue weighted by Crippen LogP contribution is -2.31. The van der Waals surface area contributed by atoms with Gasteiger partial charge in [0.15, 0.2) is 5.16 Å². The molecule has 0 aliphatic rings. The van der Waals surface area contributed by atoms with Crippen LogP contribution in [0.1, 0.15) is 29.9 Å². The second-order valence-corrected chi connectivity index (χ2v) is 7.53. The predicted octanol–water partition coefficient (Wildman–Crippen LogP) is 4.20. The Morgan fingerprint density at radius 3 is 2.56 bits per heavy atom. The van der Waals surface area contributed by atoms with E-state index in [0.717, 1.165) is 22.2 Å². The minimum Gasteiger partial charge on any atom is -0.338 e. The second kappa shape index (κ2) is 8.39. The molecular weight excluding hydrogens is 356 g/mol. The SMILES string of the molecule is Cc1cccc(-n2c(C)nnc2SCC(=O)N(C)[C@H](C)c2ccccc2)c1. The number of thioether (sulfide) groups is 1. The van der Waals surface area contributed by atoms with Crippen LogP contribution in [0.3, 0.4) is 0 Å². The van der Waals surface area contributed by atoms with Crippen LogP contribution in [0.15, 0.2) is 59.8 Å². The predicted molar refractivity (Wildman–Crippen MR) is 109 cm³/mol. The Morgan fingerprint density at radius 2 is 1.85 bits per heavy atom. The molecule has 0 unspecified atom stereocenters. The molecule has 0 spiro atoms. The van der Waals surface area contributed by atoms with Gasteiger partial charge in [-0.3, -0.25) is 9.36 Å². The van der Waals surface area contributed by atoms with E-state index in [0.29, 0.717) is 5.75 Å². The quantitative estimate of drug-likeness (QED) is 0.602. The van der Waals surface area contributed by atoms with E-state index in [1.165, 1.54) is 17.3 Å². The van der Waals surface area contributed by atoms with Crippen LogP contribution in [-0.4, -0.2) is 38.4 Å². The summed E-state index contributed by atoms with van der Waals surface area (Å²) in [5, 5.41) is 9.19. The summed E-state index contributed by atoms with van der Waals surface area (Å²) < 4.78 is 1.99. The molecule has 1 heterocycles. The van der Waals surface area contributed by atoms with Gasteiger partial charge in [-0.2, -0.15) is 0 Å². The molecule has 2 aromatic carbocycles. The number of aryl methyl sites for hydroxylation is 2. The van der Waals surface area contributed by atoms with E-state index in [9.17, 15) is 4.79 Å². The van der Waals surface area contributed by atoms with E-state index in [4.69, 9.17) is 0 Å². The maximum Gasteiger partial charge on any atom is 0.233 e. The monoisotopic (exact) mass is 380 g/mol. The van der Waals surface area contributed by atoms with Crippen molar-refractivity contribution >= 4 is 17.7 Å². The molecule has 0 radical (unpaired) electrons. The number of hydrogen-bond acceptors (Lipinski definition) is 4. The van der Waals surface area contributed by atoms with Crippen LogP contribution in [0, 0.1) is 13.8 Å². The molecule has 0 N–H and O–H groups in total. The fraction of sp³-hybridized carbons (Fsp3) is 0.286. The smallest absolute Gasteiger partial charge is 0.233 e. The van der Waals surface area contributed by atoms with Gasteiger partial charge in [0.2, 0.25) is 5.91 Å². The number of benzene rings is 2. The molecule has 1 amide bonds. The number of hydrogen-bond donors (Lipinski definition) is 0. The molecule has 3 rings (SSSR count). The third-order valence-corrected chi connectivity index (χ3v) is 5.55. The Hall–Kier alpha value is -2.60. The fourth-order valence-corrected chi connectivity index (χ4v) is 3.82. The number of carbonyl (C=O) groups excluding carboxylic acids is 1. The average Bonchev–Trinajstić information content (AvgIpc) is 3.06. The zero-order valence-electron chi connectivity index (χ0n) is 16.1. The van der Waals surface area contributed by atoms with Crippen LogP contribution in [0.2, 0.25) is 0 Å². The Morgan fingerprint density at radius 1 is 1.11 bits per heavy atom. The standard InChI is InChI=1S/C21H24N4OS/c1-15-9-8-12-19(13-15)25-17(3)22-23-21(25)27-14-20(26)24(4)16(2)18-10-6-5-7-11-18/h5-13,16H,14H2,1-4H3/t16-/m1/s1. The van der Waals surface area contributed by atoms with Crippen molar-refractivity contribution in [2.45, 2.75) is 32.0 Å². The van der Waals surface area contributed by atoms with Crippen LogP contribution in [0.5, 0.6) is 0 Å². The van der Waals surface area contributed by atoms with Gasteiger partial charge in [-0.05, 0) is 44.0 Å². The van der Waals surface area contributed by atoms with E-state index in [2.05, 4.69) is 29.3 Å². The van der Waals surface area contributed by atoms with E-state index in [1.54, 1.807) is 4.90 Å². The number of aromatic nitrogens is 3. The third kappa shape index (κ3) is 4.39. The molecule has 3 aromatic rings. The molecule has 5 nitrogen and oxygen atoms in total. The van der Waals surface area contributed by atoms with Crippen LogP contribution in [0.4, 0.5) is 0 Å². The first-order valence-corrected chi connectivity index (χ1v) is 9.88. The molecule has 27 heavy (non-hydrogen) atoms. The Labute approximate surface area is 164 Å². The van der Waals surface area contributed by atoms with Gasteiger partial charge in [0.05, 0.1) is 11.8 Å². The molecule has 140 valence electrons. The zero-order valence-corrected chi connectivity index (χ0v) is 16.9. The summed E-state index contributed by atoms with van der Waals surface area (Å²) in [6.45, 7) is 6.02. The van der Waals surface area contributed by atoms with Gasteiger partial charge in [0, 0.05) is 12.7 Å². The first-order chi connectivity index (χ1) is 13.0. The Bertz CT molecular complexity index is 923. The topological polar surface area (TPSA) is 51.0 Å². The van der Waals surface area contributed by atoms with E-state index in [1.807, 2.05) is 67.9 Å². The summed E-state index contributed by atoms with van der Waals surface area (Å²) in [4.78, 5) is 14.5. The largest absolute Gasteiger partial charge is 0.338 e. The Balaban J connectivity index is 1.71. The number of amides is 1. The van der Waals surface area contributed by atoms with Crippen LogP contribution < -0.4 is 0 Å². The van der Waals surface area contributed by atoms with E-state index < -0.39 is 0 Å². The minimum atomic E-state index is 0.0238. The van der Waals surface area contributed by atoms with Gasteiger partial charge >= 0.3 is 0 Å². The molecular formula is C21H24N4OS. The van der Waals surface area contributed by atoms with Gasteiger partial charge in [0.1, 0.15) is 5.82 Å². The number of nitrogens with zero attached hydrogens (tertiary/aromatic N) is 4. The van der Waals surface area contributed by atoms with Crippen molar-refractivity contribution in [2.24, 2.45) is 0 Å². The molecule has 1 aromatic heterocycles. The van der Waals surface area contributed by atoms with Gasteiger partial charge in [-0.15, -0.1) is 10.2 Å². The summed E-state index contributed by atoms with van der Waals surface area (Å²) >= 11 is 1.42. The molecule has 0 aliphatic carbocycles. The number of carbonyl (C=O) groups is 1. The van der Waals surface area contributed by atoms with Crippen molar-refractivity contribution in [2.75, 3.05) is 12.8 Å². The molecule has 0 fully saturated rings. The highest BCUT2D eigenvalue weighted by Gasteiger charge is 2.19. The van der Waals surface area contributed by atoms with Crippen LogP contribution in [0.25, 0.3) is 5.69 Å². The summed E-state index contributed by atoms with van der Waals surface area (Å²) in [6, 6.07) is 18.3. The van der Waals surface area contributed by atoms with Crippen molar-refractivity contribution in [1.82, 2.24) is 19.7 Å². The normalized spacial score (nSPS) is 12.0. The van der Waals surface area contributed by atoms with E-state index >= 15 is 0 Å². The first-order valence-electron chi connectivity index (χ1n) is 8.90. The van der Waals surface area contributed by atoms with Crippen molar-refractivity contribution in [3.05, 3.63) is 71.5 Å². The van der Waals surface area contributed by atoms with Crippen LogP contribution >= 0.6 is 11.8 Å². The van der Waals surface area contributed by atoms with Crippen LogP contribution in [-0.2, 0) is 4.79 Å². The van der Waals surface area contributed by atoms with Gasteiger partial charge < -0.3 is 4.90 Å². The molecule has 1 atom stereocenters.